The number of nitrogens with zero attached hydrogens (tertiary/aromatic N) is 3. The van der Waals surface area contributed by atoms with E-state index in [0.29, 0.717) is 12.1 Å². The molecule has 0 N–H and O–H groups in total. The number of hydrogen-bond donors (Lipinski definition) is 0. The normalized spacial score (nSPS) is 26.5. The van der Waals surface area contributed by atoms with Gasteiger partial charge in [0.15, 0.2) is 5.69 Å². The Morgan fingerprint density at radius 1 is 1.04 bits per heavy atom. The number of alkyl halides is 3. The van der Waals surface area contributed by atoms with Gasteiger partial charge in [0.05, 0.1) is 5.69 Å². The second-order valence-corrected chi connectivity index (χ2v) is 9.28. The maximum atomic E-state index is 13.5. The summed E-state index contributed by atoms with van der Waals surface area (Å²) in [5.41, 5.74) is -0.205. The van der Waals surface area contributed by atoms with Gasteiger partial charge >= 0.3 is 6.18 Å². The van der Waals surface area contributed by atoms with E-state index in [1.54, 1.807) is 0 Å². The first-order chi connectivity index (χ1) is 12.9. The minimum atomic E-state index is -4.58. The molecule has 1 saturated carbocycles. The molecule has 0 unspecified atom stereocenters. The number of benzene rings is 1. The highest BCUT2D eigenvalue weighted by atomic mass is 19.4. The molecule has 2 aromatic rings. The first-order valence-electron chi connectivity index (χ1n) is 9.43. The van der Waals surface area contributed by atoms with Crippen molar-refractivity contribution in [2.24, 2.45) is 10.8 Å². The maximum Gasteiger partial charge on any atom is 0.433 e. The molecule has 0 spiro atoms. The van der Waals surface area contributed by atoms with Gasteiger partial charge in [-0.1, -0.05) is 20.8 Å². The van der Waals surface area contributed by atoms with Gasteiger partial charge in [-0.25, -0.2) is 14.4 Å². The highest BCUT2D eigenvalue weighted by Crippen LogP contribution is 2.53. The van der Waals surface area contributed by atoms with E-state index in [1.807, 2.05) is 4.90 Å². The van der Waals surface area contributed by atoms with Crippen LogP contribution in [0.25, 0.3) is 11.3 Å². The highest BCUT2D eigenvalue weighted by molar-refractivity contribution is 5.61. The number of fused-ring (bicyclic) bond motifs is 2. The third-order valence-electron chi connectivity index (χ3n) is 5.82. The molecule has 150 valence electrons. The van der Waals surface area contributed by atoms with Crippen LogP contribution in [-0.4, -0.2) is 22.6 Å². The Balaban J connectivity index is 1.79. The summed E-state index contributed by atoms with van der Waals surface area (Å²) in [6, 6.07) is 6.37. The first kappa shape index (κ1) is 19.2. The summed E-state index contributed by atoms with van der Waals surface area (Å²) < 4.78 is 53.8. The molecule has 2 aliphatic rings. The van der Waals surface area contributed by atoms with Gasteiger partial charge in [0.25, 0.3) is 0 Å². The van der Waals surface area contributed by atoms with E-state index in [9.17, 15) is 17.6 Å². The summed E-state index contributed by atoms with van der Waals surface area (Å²) >= 11 is 0. The van der Waals surface area contributed by atoms with Crippen LogP contribution in [0.2, 0.25) is 0 Å². The molecular weight excluding hydrogens is 370 g/mol. The van der Waals surface area contributed by atoms with E-state index in [4.69, 9.17) is 0 Å². The number of aromatic nitrogens is 2. The fraction of sp³-hybridized carbons (Fsp3) is 0.524. The van der Waals surface area contributed by atoms with Crippen molar-refractivity contribution < 1.29 is 17.6 Å². The standard InChI is InChI=1S/C21H23F4N3/c1-19(2)9-15-10-20(3,11-19)12-28(15)18-26-16(8-17(27-18)21(23,24)25)13-4-6-14(22)7-5-13/h4-8,15H,9-12H2,1-3H3/t15-,20+/m1/s1. The molecule has 3 nitrogen and oxygen atoms in total. The van der Waals surface area contributed by atoms with E-state index < -0.39 is 17.7 Å². The Morgan fingerprint density at radius 3 is 2.36 bits per heavy atom. The van der Waals surface area contributed by atoms with Crippen LogP contribution in [0.4, 0.5) is 23.5 Å². The van der Waals surface area contributed by atoms with Crippen molar-refractivity contribution in [2.45, 2.75) is 52.3 Å². The zero-order valence-corrected chi connectivity index (χ0v) is 16.1. The minimum Gasteiger partial charge on any atom is -0.337 e. The van der Waals surface area contributed by atoms with Crippen LogP contribution in [0.1, 0.15) is 45.7 Å². The molecular formula is C21H23F4N3. The van der Waals surface area contributed by atoms with Gasteiger partial charge in [-0.05, 0) is 60.4 Å². The Labute approximate surface area is 161 Å². The maximum absolute atomic E-state index is 13.5. The van der Waals surface area contributed by atoms with Crippen LogP contribution in [0.3, 0.4) is 0 Å². The third-order valence-corrected chi connectivity index (χ3v) is 5.82. The smallest absolute Gasteiger partial charge is 0.337 e. The van der Waals surface area contributed by atoms with E-state index in [1.165, 1.54) is 24.3 Å². The summed E-state index contributed by atoms with van der Waals surface area (Å²) in [6.45, 7) is 7.25. The van der Waals surface area contributed by atoms with Crippen LogP contribution in [0.5, 0.6) is 0 Å². The van der Waals surface area contributed by atoms with E-state index in [-0.39, 0.29) is 28.5 Å². The van der Waals surface area contributed by atoms with Gasteiger partial charge in [-0.2, -0.15) is 13.2 Å². The lowest BCUT2D eigenvalue weighted by Crippen LogP contribution is -2.35. The van der Waals surface area contributed by atoms with Crippen molar-refractivity contribution >= 4 is 5.95 Å². The lowest BCUT2D eigenvalue weighted by Gasteiger charge is -2.39. The van der Waals surface area contributed by atoms with Crippen molar-refractivity contribution in [1.29, 1.82) is 0 Å². The number of rotatable bonds is 2. The van der Waals surface area contributed by atoms with Crippen LogP contribution in [-0.2, 0) is 6.18 Å². The summed E-state index contributed by atoms with van der Waals surface area (Å²) in [5.74, 6) is -0.335. The quantitative estimate of drug-likeness (QED) is 0.612. The number of hydrogen-bond acceptors (Lipinski definition) is 3. The number of halogens is 4. The summed E-state index contributed by atoms with van der Waals surface area (Å²) in [4.78, 5) is 10.3. The predicted octanol–water partition coefficient (Wildman–Crippen LogP) is 5.71. The van der Waals surface area contributed by atoms with Crippen LogP contribution in [0, 0.1) is 16.6 Å². The zero-order valence-electron chi connectivity index (χ0n) is 16.1. The molecule has 28 heavy (non-hydrogen) atoms. The van der Waals surface area contributed by atoms with E-state index >= 15 is 0 Å². The topological polar surface area (TPSA) is 29.0 Å². The van der Waals surface area contributed by atoms with Crippen molar-refractivity contribution in [2.75, 3.05) is 11.4 Å². The summed E-state index contributed by atoms with van der Waals surface area (Å²) in [7, 11) is 0. The van der Waals surface area contributed by atoms with Crippen LogP contribution in [0.15, 0.2) is 30.3 Å². The van der Waals surface area contributed by atoms with Gasteiger partial charge in [0.1, 0.15) is 5.82 Å². The molecule has 0 radical (unpaired) electrons. The molecule has 2 atom stereocenters. The largest absolute Gasteiger partial charge is 0.433 e. The van der Waals surface area contributed by atoms with Gasteiger partial charge in [-0.15, -0.1) is 0 Å². The molecule has 1 aliphatic heterocycles. The Bertz CT molecular complexity index is 892. The Hall–Kier alpha value is -2.18. The van der Waals surface area contributed by atoms with Crippen LogP contribution >= 0.6 is 0 Å². The van der Waals surface area contributed by atoms with E-state index in [0.717, 1.165) is 25.3 Å². The van der Waals surface area contributed by atoms with Gasteiger partial charge in [-0.3, -0.25) is 0 Å². The predicted molar refractivity (Wildman–Crippen MR) is 99.3 cm³/mol. The SMILES string of the molecule is CC1(C)C[C@@H]2C[C@](C)(CN2c2nc(-c3ccc(F)cc3)cc(C(F)(F)F)n2)C1. The van der Waals surface area contributed by atoms with Crippen molar-refractivity contribution in [3.05, 3.63) is 41.8 Å². The van der Waals surface area contributed by atoms with Gasteiger partial charge < -0.3 is 4.90 Å². The Kier molecular flexibility index (Phi) is 4.21. The number of anilines is 1. The van der Waals surface area contributed by atoms with Crippen LogP contribution < -0.4 is 4.90 Å². The molecule has 2 fully saturated rings. The average molecular weight is 393 g/mol. The van der Waals surface area contributed by atoms with Crippen molar-refractivity contribution in [3.8, 4) is 11.3 Å². The lowest BCUT2D eigenvalue weighted by atomic mass is 9.65. The molecule has 4 rings (SSSR count). The summed E-state index contributed by atoms with van der Waals surface area (Å²) in [5, 5.41) is 0. The highest BCUT2D eigenvalue weighted by Gasteiger charge is 2.50. The second kappa shape index (κ2) is 6.16. The van der Waals surface area contributed by atoms with Crippen molar-refractivity contribution in [3.63, 3.8) is 0 Å². The molecule has 1 aromatic heterocycles. The fourth-order valence-electron chi connectivity index (χ4n) is 5.17. The van der Waals surface area contributed by atoms with Crippen molar-refractivity contribution in [1.82, 2.24) is 9.97 Å². The minimum absolute atomic E-state index is 0.0417. The molecule has 7 heteroatoms. The molecule has 1 aromatic carbocycles. The molecule has 2 bridgehead atoms. The first-order valence-corrected chi connectivity index (χ1v) is 9.43. The van der Waals surface area contributed by atoms with Gasteiger partial charge in [0, 0.05) is 18.2 Å². The average Bonchev–Trinajstić information content (AvgIpc) is 2.83. The third kappa shape index (κ3) is 3.59. The summed E-state index contributed by atoms with van der Waals surface area (Å²) in [6.07, 6.45) is -1.72. The van der Waals surface area contributed by atoms with E-state index in [2.05, 4.69) is 30.7 Å². The fourth-order valence-corrected chi connectivity index (χ4v) is 5.17. The zero-order chi connectivity index (χ0) is 20.3. The Morgan fingerprint density at radius 2 is 1.71 bits per heavy atom. The monoisotopic (exact) mass is 393 g/mol. The van der Waals surface area contributed by atoms with Gasteiger partial charge in [0.2, 0.25) is 5.95 Å². The molecule has 1 aliphatic carbocycles. The molecule has 1 saturated heterocycles. The molecule has 2 heterocycles. The lowest BCUT2D eigenvalue weighted by molar-refractivity contribution is -0.141. The second-order valence-electron chi connectivity index (χ2n) is 9.28. The molecule has 0 amide bonds.